The van der Waals surface area contributed by atoms with E-state index in [1.54, 1.807) is 6.92 Å². The molecule has 136 valence electrons. The molecule has 0 bridgehead atoms. The van der Waals surface area contributed by atoms with Gasteiger partial charge in [-0.15, -0.1) is 0 Å². The van der Waals surface area contributed by atoms with Crippen LogP contribution in [0.4, 0.5) is 15.9 Å². The molecular weight excluding hydrogens is 349 g/mol. The van der Waals surface area contributed by atoms with Gasteiger partial charge in [-0.2, -0.15) is 4.98 Å². The molecule has 0 spiro atoms. The number of rotatable bonds is 7. The second-order valence-electron chi connectivity index (χ2n) is 5.49. The summed E-state index contributed by atoms with van der Waals surface area (Å²) < 4.78 is 48.4. The van der Waals surface area contributed by atoms with Gasteiger partial charge < -0.3 is 14.8 Å². The minimum absolute atomic E-state index is 0.0579. The molecule has 0 unspecified atom stereocenters. The second kappa shape index (κ2) is 7.64. The molecular formula is C16H20FN3O4S. The number of halogens is 1. The summed E-state index contributed by atoms with van der Waals surface area (Å²) in [7, 11) is -3.49. The first-order valence-electron chi connectivity index (χ1n) is 7.63. The van der Waals surface area contributed by atoms with Gasteiger partial charge in [-0.25, -0.2) is 17.8 Å². The lowest BCUT2D eigenvalue weighted by molar-refractivity contribution is 0.214. The number of nitrogens with one attached hydrogen (secondary N) is 1. The Morgan fingerprint density at radius 2 is 2.00 bits per heavy atom. The highest BCUT2D eigenvalue weighted by atomic mass is 32.2. The van der Waals surface area contributed by atoms with Gasteiger partial charge >= 0.3 is 0 Å². The van der Waals surface area contributed by atoms with Crippen LogP contribution in [0.25, 0.3) is 0 Å². The molecule has 0 fully saturated rings. The highest BCUT2D eigenvalue weighted by molar-refractivity contribution is 7.90. The number of hydrogen-bond acceptors (Lipinski definition) is 7. The molecule has 0 saturated heterocycles. The smallest absolute Gasteiger partial charge is 0.262 e. The van der Waals surface area contributed by atoms with E-state index in [4.69, 9.17) is 9.47 Å². The van der Waals surface area contributed by atoms with E-state index >= 15 is 0 Å². The second-order valence-corrected chi connectivity index (χ2v) is 7.51. The monoisotopic (exact) mass is 369 g/mol. The first-order chi connectivity index (χ1) is 11.7. The molecule has 9 heteroatoms. The molecule has 2 aromatic rings. The molecule has 2 rings (SSSR count). The van der Waals surface area contributed by atoms with Crippen molar-refractivity contribution in [3.05, 3.63) is 30.3 Å². The maximum absolute atomic E-state index is 14.3. The lowest BCUT2D eigenvalue weighted by Crippen LogP contribution is -2.11. The lowest BCUT2D eigenvalue weighted by Gasteiger charge is -2.16. The molecule has 0 aliphatic carbocycles. The summed E-state index contributed by atoms with van der Waals surface area (Å²) in [6.07, 6.45) is 2.15. The third-order valence-corrected chi connectivity index (χ3v) is 4.14. The third-order valence-electron chi connectivity index (χ3n) is 3.03. The van der Waals surface area contributed by atoms with Crippen molar-refractivity contribution < 1.29 is 22.3 Å². The summed E-state index contributed by atoms with van der Waals surface area (Å²) in [6.45, 7) is 5.81. The summed E-state index contributed by atoms with van der Waals surface area (Å²) in [4.78, 5) is 7.99. The van der Waals surface area contributed by atoms with Crippen molar-refractivity contribution in [3.8, 4) is 11.6 Å². The van der Waals surface area contributed by atoms with E-state index in [2.05, 4.69) is 15.3 Å². The molecule has 0 aliphatic heterocycles. The molecule has 0 saturated carbocycles. The number of benzene rings is 1. The van der Waals surface area contributed by atoms with Crippen LogP contribution in [0, 0.1) is 5.82 Å². The minimum Gasteiger partial charge on any atom is -0.486 e. The molecule has 1 heterocycles. The Kier molecular flexibility index (Phi) is 5.78. The number of anilines is 2. The Morgan fingerprint density at radius 3 is 2.56 bits per heavy atom. The van der Waals surface area contributed by atoms with Gasteiger partial charge in [-0.05, 0) is 39.0 Å². The highest BCUT2D eigenvalue weighted by Crippen LogP contribution is 2.34. The van der Waals surface area contributed by atoms with Gasteiger partial charge in [0.05, 0.1) is 23.3 Å². The van der Waals surface area contributed by atoms with Crippen LogP contribution in [0.1, 0.15) is 20.8 Å². The molecule has 1 aromatic heterocycles. The van der Waals surface area contributed by atoms with Gasteiger partial charge in [0.1, 0.15) is 12.1 Å². The number of hydrogen-bond donors (Lipinski definition) is 1. The van der Waals surface area contributed by atoms with Crippen molar-refractivity contribution in [1.29, 1.82) is 0 Å². The highest BCUT2D eigenvalue weighted by Gasteiger charge is 2.18. The third kappa shape index (κ3) is 4.79. The van der Waals surface area contributed by atoms with Crippen LogP contribution in [0.2, 0.25) is 0 Å². The fraction of sp³-hybridized carbons (Fsp3) is 0.375. The minimum atomic E-state index is -3.49. The van der Waals surface area contributed by atoms with Crippen molar-refractivity contribution in [3.63, 3.8) is 0 Å². The maximum atomic E-state index is 14.3. The summed E-state index contributed by atoms with van der Waals surface area (Å²) >= 11 is 0. The van der Waals surface area contributed by atoms with Crippen LogP contribution in [-0.4, -0.2) is 37.4 Å². The van der Waals surface area contributed by atoms with E-state index in [0.29, 0.717) is 6.61 Å². The maximum Gasteiger partial charge on any atom is 0.262 e. The Bertz CT molecular complexity index is 856. The van der Waals surface area contributed by atoms with Crippen LogP contribution >= 0.6 is 0 Å². The first-order valence-corrected chi connectivity index (χ1v) is 9.52. The predicted molar refractivity (Wildman–Crippen MR) is 91.8 cm³/mol. The largest absolute Gasteiger partial charge is 0.486 e. The Labute approximate surface area is 146 Å². The molecule has 0 amide bonds. The van der Waals surface area contributed by atoms with Crippen molar-refractivity contribution in [2.24, 2.45) is 0 Å². The van der Waals surface area contributed by atoms with Gasteiger partial charge in [0.2, 0.25) is 5.75 Å². The zero-order valence-corrected chi connectivity index (χ0v) is 15.2. The van der Waals surface area contributed by atoms with Crippen LogP contribution in [-0.2, 0) is 9.84 Å². The quantitative estimate of drug-likeness (QED) is 0.802. The van der Waals surface area contributed by atoms with E-state index in [1.807, 2.05) is 13.8 Å². The molecule has 7 nitrogen and oxygen atoms in total. The van der Waals surface area contributed by atoms with Crippen molar-refractivity contribution >= 4 is 21.3 Å². The fourth-order valence-corrected chi connectivity index (χ4v) is 2.62. The Morgan fingerprint density at radius 1 is 1.28 bits per heavy atom. The zero-order valence-electron chi connectivity index (χ0n) is 14.4. The molecule has 0 atom stereocenters. The molecule has 0 aliphatic rings. The van der Waals surface area contributed by atoms with E-state index in [-0.39, 0.29) is 34.1 Å². The average molecular weight is 369 g/mol. The normalized spacial score (nSPS) is 11.4. The van der Waals surface area contributed by atoms with E-state index in [9.17, 15) is 12.8 Å². The predicted octanol–water partition coefficient (Wildman–Crippen LogP) is 2.95. The number of sulfone groups is 1. The lowest BCUT2D eigenvalue weighted by atomic mass is 10.3. The van der Waals surface area contributed by atoms with Crippen LogP contribution < -0.4 is 14.8 Å². The summed E-state index contributed by atoms with van der Waals surface area (Å²) in [5, 5.41) is 2.79. The fourth-order valence-electron chi connectivity index (χ4n) is 1.98. The summed E-state index contributed by atoms with van der Waals surface area (Å²) in [6, 6.07) is 3.59. The Balaban J connectivity index is 2.40. The van der Waals surface area contributed by atoms with Gasteiger partial charge in [0.15, 0.2) is 15.7 Å². The first kappa shape index (κ1) is 18.9. The van der Waals surface area contributed by atoms with Gasteiger partial charge in [0.25, 0.3) is 5.88 Å². The van der Waals surface area contributed by atoms with Crippen molar-refractivity contribution in [2.45, 2.75) is 31.8 Å². The van der Waals surface area contributed by atoms with Gasteiger partial charge in [-0.3, -0.25) is 0 Å². The van der Waals surface area contributed by atoms with Crippen molar-refractivity contribution in [1.82, 2.24) is 9.97 Å². The van der Waals surface area contributed by atoms with Gasteiger partial charge in [-0.1, -0.05) is 0 Å². The van der Waals surface area contributed by atoms with Gasteiger partial charge in [0, 0.05) is 6.26 Å². The summed E-state index contributed by atoms with van der Waals surface area (Å²) in [5.41, 5.74) is 0.0579. The van der Waals surface area contributed by atoms with Crippen LogP contribution in [0.5, 0.6) is 11.6 Å². The van der Waals surface area contributed by atoms with Crippen molar-refractivity contribution in [2.75, 3.05) is 18.2 Å². The van der Waals surface area contributed by atoms with Crippen LogP contribution in [0.3, 0.4) is 0 Å². The number of nitrogens with zero attached hydrogens (tertiary/aromatic N) is 2. The summed E-state index contributed by atoms with van der Waals surface area (Å²) in [5.74, 6) is -0.0124. The SMILES string of the molecule is CCOc1c(Nc2ccc(S(C)(=O)=O)cc2F)ncnc1OC(C)C. The topological polar surface area (TPSA) is 90.4 Å². The standard InChI is InChI=1S/C16H20FN3O4S/c1-5-23-14-15(18-9-19-16(14)24-10(2)3)20-13-7-6-11(8-12(13)17)25(4,21)22/h6-10H,5H2,1-4H3,(H,18,19,20). The average Bonchev–Trinajstić information content (AvgIpc) is 2.50. The molecule has 0 radical (unpaired) electrons. The molecule has 1 aromatic carbocycles. The van der Waals surface area contributed by atoms with Crippen LogP contribution in [0.15, 0.2) is 29.4 Å². The Hall–Kier alpha value is -2.42. The van der Waals surface area contributed by atoms with E-state index in [1.165, 1.54) is 18.5 Å². The van der Waals surface area contributed by atoms with E-state index < -0.39 is 15.7 Å². The van der Waals surface area contributed by atoms with E-state index in [0.717, 1.165) is 12.3 Å². The molecule has 25 heavy (non-hydrogen) atoms. The molecule has 1 N–H and O–H groups in total. The zero-order chi connectivity index (χ0) is 18.6. The number of ether oxygens (including phenoxy) is 2. The number of aromatic nitrogens is 2.